The third-order valence-electron chi connectivity index (χ3n) is 4.30. The summed E-state index contributed by atoms with van der Waals surface area (Å²) < 4.78 is 1.37. The first-order valence-electron chi connectivity index (χ1n) is 7.71. The first-order valence-corrected chi connectivity index (χ1v) is 7.71. The zero-order chi connectivity index (χ0) is 17.4. The van der Waals surface area contributed by atoms with Crippen molar-refractivity contribution >= 4 is 11.7 Å². The molecule has 122 valence electrons. The highest BCUT2D eigenvalue weighted by Gasteiger charge is 2.41. The summed E-state index contributed by atoms with van der Waals surface area (Å²) in [5.74, 6) is -1.79. The Balaban J connectivity index is 1.95. The first kappa shape index (κ1) is 14.9. The fraction of sp³-hybridized carbons (Fsp3) is 0.111. The molecule has 1 aliphatic rings. The smallest absolute Gasteiger partial charge is 0.277 e. The molecule has 0 aliphatic carbocycles. The maximum Gasteiger partial charge on any atom is 0.277 e. The molecule has 0 saturated carbocycles. The molecule has 0 saturated heterocycles. The Labute approximate surface area is 142 Å². The summed E-state index contributed by atoms with van der Waals surface area (Å²) in [5, 5.41) is 15.1. The van der Waals surface area contributed by atoms with Crippen molar-refractivity contribution in [3.05, 3.63) is 76.3 Å². The number of anilines is 1. The second-order valence-corrected chi connectivity index (χ2v) is 5.74. The summed E-state index contributed by atoms with van der Waals surface area (Å²) in [5.41, 5.74) is 1.37. The predicted molar refractivity (Wildman–Crippen MR) is 90.2 cm³/mol. The quantitative estimate of drug-likeness (QED) is 0.747. The lowest BCUT2D eigenvalue weighted by molar-refractivity contribution is -0.119. The Bertz CT molecular complexity index is 1030. The Kier molecular flexibility index (Phi) is 3.43. The average Bonchev–Trinajstić information content (AvgIpc) is 2.98. The van der Waals surface area contributed by atoms with E-state index in [2.05, 4.69) is 15.4 Å². The van der Waals surface area contributed by atoms with Gasteiger partial charge in [-0.2, -0.15) is 5.26 Å². The molecule has 0 unspecified atom stereocenters. The number of amides is 1. The number of pyridine rings is 1. The van der Waals surface area contributed by atoms with E-state index in [0.717, 1.165) is 0 Å². The molecule has 2 N–H and O–H groups in total. The molecule has 0 fully saturated rings. The van der Waals surface area contributed by atoms with Crippen molar-refractivity contribution in [2.45, 2.75) is 5.92 Å². The molecule has 7 heteroatoms. The van der Waals surface area contributed by atoms with E-state index in [1.165, 1.54) is 4.68 Å². The van der Waals surface area contributed by atoms with Crippen LogP contribution in [-0.2, 0) is 4.79 Å². The lowest BCUT2D eigenvalue weighted by Gasteiger charge is -2.25. The molecular formula is C18H13N5O2. The van der Waals surface area contributed by atoms with Crippen LogP contribution in [0.15, 0.2) is 59.7 Å². The van der Waals surface area contributed by atoms with Crippen LogP contribution in [0.5, 0.6) is 0 Å². The molecular weight excluding hydrogens is 318 g/mol. The van der Waals surface area contributed by atoms with E-state index in [9.17, 15) is 14.9 Å². The van der Waals surface area contributed by atoms with Crippen LogP contribution in [0.1, 0.15) is 17.0 Å². The summed E-state index contributed by atoms with van der Waals surface area (Å²) in [7, 11) is 0. The highest BCUT2D eigenvalue weighted by molar-refractivity contribution is 5.97. The molecule has 4 rings (SSSR count). The van der Waals surface area contributed by atoms with Gasteiger partial charge in [0.1, 0.15) is 11.7 Å². The lowest BCUT2D eigenvalue weighted by Crippen LogP contribution is -2.35. The maximum atomic E-state index is 13.0. The molecule has 25 heavy (non-hydrogen) atoms. The van der Waals surface area contributed by atoms with Crippen molar-refractivity contribution < 1.29 is 4.79 Å². The van der Waals surface area contributed by atoms with Gasteiger partial charge in [-0.15, -0.1) is 0 Å². The SMILES string of the molecule is N#C[C@H]1C(=O)Nc2[nH]n(-c3ccccc3)c(=O)c2[C@@H]1c1cccnc1. The molecule has 1 aliphatic heterocycles. The van der Waals surface area contributed by atoms with E-state index in [-0.39, 0.29) is 5.56 Å². The Morgan fingerprint density at radius 2 is 1.92 bits per heavy atom. The Hall–Kier alpha value is -3.66. The number of benzene rings is 1. The van der Waals surface area contributed by atoms with Crippen LogP contribution in [0.25, 0.3) is 5.69 Å². The summed E-state index contributed by atoms with van der Waals surface area (Å²) in [4.78, 5) is 29.4. The van der Waals surface area contributed by atoms with Gasteiger partial charge in [0.2, 0.25) is 5.91 Å². The minimum Gasteiger partial charge on any atom is -0.310 e. The number of hydrogen-bond donors (Lipinski definition) is 2. The second kappa shape index (κ2) is 5.76. The van der Waals surface area contributed by atoms with Crippen LogP contribution in [0.3, 0.4) is 0 Å². The number of nitrogens with one attached hydrogen (secondary N) is 2. The summed E-state index contributed by atoms with van der Waals surface area (Å²) in [6.07, 6.45) is 3.19. The van der Waals surface area contributed by atoms with Crippen molar-refractivity contribution in [3.8, 4) is 11.8 Å². The molecule has 0 spiro atoms. The fourth-order valence-electron chi connectivity index (χ4n) is 3.16. The lowest BCUT2D eigenvalue weighted by atomic mass is 9.80. The number of nitriles is 1. The highest BCUT2D eigenvalue weighted by atomic mass is 16.2. The van der Waals surface area contributed by atoms with Crippen molar-refractivity contribution in [3.63, 3.8) is 0 Å². The number of carbonyl (C=O) groups is 1. The van der Waals surface area contributed by atoms with Crippen LogP contribution in [-0.4, -0.2) is 20.7 Å². The van der Waals surface area contributed by atoms with E-state index < -0.39 is 17.7 Å². The van der Waals surface area contributed by atoms with Gasteiger partial charge in [0, 0.05) is 18.3 Å². The number of nitrogens with zero attached hydrogens (tertiary/aromatic N) is 3. The van der Waals surface area contributed by atoms with E-state index in [1.54, 1.807) is 36.7 Å². The van der Waals surface area contributed by atoms with Gasteiger partial charge in [-0.05, 0) is 23.8 Å². The van der Waals surface area contributed by atoms with Crippen molar-refractivity contribution in [1.82, 2.24) is 14.8 Å². The normalized spacial score (nSPS) is 18.9. The van der Waals surface area contributed by atoms with Crippen LogP contribution in [0.2, 0.25) is 0 Å². The van der Waals surface area contributed by atoms with E-state index in [4.69, 9.17) is 0 Å². The molecule has 1 amide bonds. The maximum absolute atomic E-state index is 13.0. The minimum absolute atomic E-state index is 0.296. The number of aromatic amines is 1. The molecule has 2 atom stereocenters. The van der Waals surface area contributed by atoms with E-state index in [0.29, 0.717) is 22.6 Å². The average molecular weight is 331 g/mol. The number of H-pyrrole nitrogens is 1. The number of carbonyl (C=O) groups excluding carboxylic acids is 1. The van der Waals surface area contributed by atoms with Crippen molar-refractivity contribution in [2.24, 2.45) is 5.92 Å². The Morgan fingerprint density at radius 3 is 2.60 bits per heavy atom. The number of hydrogen-bond acceptors (Lipinski definition) is 4. The van der Waals surface area contributed by atoms with Crippen molar-refractivity contribution in [2.75, 3.05) is 5.32 Å². The van der Waals surface area contributed by atoms with Gasteiger partial charge in [-0.1, -0.05) is 24.3 Å². The molecule has 2 aromatic heterocycles. The standard InChI is InChI=1S/C18H13N5O2/c19-9-13-14(11-5-4-8-20-10-11)15-16(21-17(13)24)22-23(18(15)25)12-6-2-1-3-7-12/h1-8,10,13-14,22H,(H,21,24)/t13-,14-/m1/s1. The van der Waals surface area contributed by atoms with Crippen LogP contribution in [0.4, 0.5) is 5.82 Å². The van der Waals surface area contributed by atoms with Crippen LogP contribution < -0.4 is 10.9 Å². The largest absolute Gasteiger partial charge is 0.310 e. The third-order valence-corrected chi connectivity index (χ3v) is 4.30. The monoisotopic (exact) mass is 331 g/mol. The van der Waals surface area contributed by atoms with Crippen LogP contribution in [0, 0.1) is 17.2 Å². The van der Waals surface area contributed by atoms with Crippen LogP contribution >= 0.6 is 0 Å². The number of aromatic nitrogens is 3. The van der Waals surface area contributed by atoms with Gasteiger partial charge in [0.15, 0.2) is 0 Å². The summed E-state index contributed by atoms with van der Waals surface area (Å²) in [6.45, 7) is 0. The zero-order valence-electron chi connectivity index (χ0n) is 13.0. The van der Waals surface area contributed by atoms with Gasteiger partial charge in [0.25, 0.3) is 5.56 Å². The van der Waals surface area contributed by atoms with Gasteiger partial charge in [0.05, 0.1) is 17.3 Å². The van der Waals surface area contributed by atoms with E-state index in [1.807, 2.05) is 24.3 Å². The third kappa shape index (κ3) is 2.32. The molecule has 0 radical (unpaired) electrons. The molecule has 7 nitrogen and oxygen atoms in total. The molecule has 0 bridgehead atoms. The van der Waals surface area contributed by atoms with Gasteiger partial charge >= 0.3 is 0 Å². The van der Waals surface area contributed by atoms with E-state index >= 15 is 0 Å². The zero-order valence-corrected chi connectivity index (χ0v) is 13.0. The van der Waals surface area contributed by atoms with Gasteiger partial charge in [-0.25, -0.2) is 4.68 Å². The minimum atomic E-state index is -0.996. The van der Waals surface area contributed by atoms with Crippen molar-refractivity contribution in [1.29, 1.82) is 5.26 Å². The molecule has 1 aromatic carbocycles. The highest BCUT2D eigenvalue weighted by Crippen LogP contribution is 2.37. The summed E-state index contributed by atoms with van der Waals surface area (Å²) >= 11 is 0. The fourth-order valence-corrected chi connectivity index (χ4v) is 3.16. The number of rotatable bonds is 2. The number of para-hydroxylation sites is 1. The first-order chi connectivity index (χ1) is 12.2. The topological polar surface area (TPSA) is 104 Å². The second-order valence-electron chi connectivity index (χ2n) is 5.74. The number of fused-ring (bicyclic) bond motifs is 1. The molecule has 3 heterocycles. The molecule has 3 aromatic rings. The summed E-state index contributed by atoms with van der Waals surface area (Å²) in [6, 6.07) is 14.6. The van der Waals surface area contributed by atoms with Gasteiger partial charge in [-0.3, -0.25) is 19.7 Å². The Morgan fingerprint density at radius 1 is 1.12 bits per heavy atom. The predicted octanol–water partition coefficient (Wildman–Crippen LogP) is 1.78. The van der Waals surface area contributed by atoms with Gasteiger partial charge < -0.3 is 5.32 Å².